The highest BCUT2D eigenvalue weighted by molar-refractivity contribution is 7.94. The van der Waals surface area contributed by atoms with Crippen LogP contribution in [0.15, 0.2) is 53.8 Å². The number of nitrogens with zero attached hydrogens (tertiary/aromatic N) is 2. The molecule has 0 atom stereocenters. The lowest BCUT2D eigenvalue weighted by molar-refractivity contribution is 0.930. The molecule has 114 valence electrons. The predicted molar refractivity (Wildman–Crippen MR) is 92.3 cm³/mol. The van der Waals surface area contributed by atoms with E-state index in [2.05, 4.69) is 15.3 Å². The summed E-state index contributed by atoms with van der Waals surface area (Å²) in [5.41, 5.74) is 1.74. The summed E-state index contributed by atoms with van der Waals surface area (Å²) in [6.45, 7) is 5.84. The minimum Gasteiger partial charge on any atom is -0.340 e. The zero-order chi connectivity index (χ0) is 15.9. The fourth-order valence-corrected chi connectivity index (χ4v) is 2.30. The molecule has 0 saturated heterocycles. The van der Waals surface area contributed by atoms with Gasteiger partial charge in [-0.15, -0.1) is 0 Å². The van der Waals surface area contributed by atoms with E-state index < -0.39 is 0 Å². The molecule has 1 N–H and O–H groups in total. The first kappa shape index (κ1) is 16.2. The quantitative estimate of drug-likeness (QED) is 0.674. The third-order valence-corrected chi connectivity index (χ3v) is 3.66. The van der Waals surface area contributed by atoms with E-state index in [4.69, 9.17) is 0 Å². The molecule has 0 aliphatic heterocycles. The summed E-state index contributed by atoms with van der Waals surface area (Å²) in [6.07, 6.45) is 5.24. The van der Waals surface area contributed by atoms with Crippen LogP contribution in [0.5, 0.6) is 0 Å². The fourth-order valence-electron chi connectivity index (χ4n) is 1.97. The second-order valence-corrected chi connectivity index (χ2v) is 5.07. The van der Waals surface area contributed by atoms with E-state index in [9.17, 15) is 3.89 Å². The second kappa shape index (κ2) is 7.75. The van der Waals surface area contributed by atoms with E-state index in [0.717, 1.165) is 22.0 Å². The maximum atomic E-state index is 12.8. The monoisotopic (exact) mass is 315 g/mol. The Balaban J connectivity index is 0.000000847. The van der Waals surface area contributed by atoms with E-state index >= 15 is 0 Å². The van der Waals surface area contributed by atoms with Crippen molar-refractivity contribution in [1.29, 1.82) is 0 Å². The van der Waals surface area contributed by atoms with Gasteiger partial charge in [0.1, 0.15) is 5.82 Å². The fraction of sp³-hybridized carbons (Fsp3) is 0.176. The van der Waals surface area contributed by atoms with Gasteiger partial charge in [-0.3, -0.25) is 4.98 Å². The molecule has 2 aromatic heterocycles. The van der Waals surface area contributed by atoms with Crippen LogP contribution in [0.3, 0.4) is 0 Å². The molecule has 0 unspecified atom stereocenters. The van der Waals surface area contributed by atoms with Crippen LogP contribution in [0.2, 0.25) is 0 Å². The van der Waals surface area contributed by atoms with Crippen LogP contribution in [0.1, 0.15) is 19.4 Å². The van der Waals surface area contributed by atoms with Crippen molar-refractivity contribution < 1.29 is 3.89 Å². The van der Waals surface area contributed by atoms with Gasteiger partial charge in [-0.25, -0.2) is 4.98 Å². The maximum absolute atomic E-state index is 12.8. The lowest BCUT2D eigenvalue weighted by Gasteiger charge is -2.08. The minimum absolute atomic E-state index is 0.234. The van der Waals surface area contributed by atoms with Gasteiger partial charge in [0, 0.05) is 34.6 Å². The molecule has 0 spiro atoms. The van der Waals surface area contributed by atoms with Crippen molar-refractivity contribution in [3.63, 3.8) is 0 Å². The van der Waals surface area contributed by atoms with Crippen molar-refractivity contribution in [2.75, 3.05) is 5.32 Å². The molecule has 3 aromatic rings. The van der Waals surface area contributed by atoms with E-state index in [1.54, 1.807) is 18.5 Å². The number of aromatic nitrogens is 2. The Morgan fingerprint density at radius 2 is 1.86 bits per heavy atom. The summed E-state index contributed by atoms with van der Waals surface area (Å²) in [5.74, 6) is 0.629. The number of benzene rings is 1. The molecule has 3 rings (SSSR count). The van der Waals surface area contributed by atoms with Gasteiger partial charge >= 0.3 is 0 Å². The second-order valence-electron chi connectivity index (χ2n) is 4.47. The van der Waals surface area contributed by atoms with Crippen LogP contribution in [0, 0.1) is 6.92 Å². The molecular weight excluding hydrogens is 297 g/mol. The standard InChI is InChI=1S/C15H12FN3S.C2H6/c1-10-8-18-15(7-14(10)20-16)19-13-3-2-12-9-17-5-4-11(12)6-13;1-2/h2-9H,1H3,(H,18,19);1-2H3. The largest absolute Gasteiger partial charge is 0.340 e. The Bertz CT molecular complexity index is 762. The third-order valence-electron chi connectivity index (χ3n) is 3.05. The van der Waals surface area contributed by atoms with Crippen LogP contribution < -0.4 is 5.32 Å². The average Bonchev–Trinajstić information content (AvgIpc) is 2.58. The molecule has 0 aliphatic carbocycles. The minimum atomic E-state index is 0.234. The van der Waals surface area contributed by atoms with Gasteiger partial charge in [-0.2, -0.15) is 3.89 Å². The molecule has 0 radical (unpaired) electrons. The maximum Gasteiger partial charge on any atom is 0.131 e. The van der Waals surface area contributed by atoms with Crippen molar-refractivity contribution >= 4 is 34.4 Å². The number of pyridine rings is 2. The van der Waals surface area contributed by atoms with Gasteiger partial charge in [0.15, 0.2) is 0 Å². The number of fused-ring (bicyclic) bond motifs is 1. The highest BCUT2D eigenvalue weighted by atomic mass is 32.2. The van der Waals surface area contributed by atoms with Crippen LogP contribution in [0.25, 0.3) is 10.8 Å². The summed E-state index contributed by atoms with van der Waals surface area (Å²) >= 11 is 0.234. The molecule has 5 heteroatoms. The normalized spacial score (nSPS) is 10.0. The number of anilines is 2. The first-order valence-corrected chi connectivity index (χ1v) is 7.84. The van der Waals surface area contributed by atoms with Crippen molar-refractivity contribution in [3.8, 4) is 0 Å². The van der Waals surface area contributed by atoms with Gasteiger partial charge in [0.2, 0.25) is 0 Å². The molecule has 2 heterocycles. The van der Waals surface area contributed by atoms with Crippen molar-refractivity contribution in [3.05, 3.63) is 54.5 Å². The van der Waals surface area contributed by atoms with E-state index in [1.807, 2.05) is 51.2 Å². The summed E-state index contributed by atoms with van der Waals surface area (Å²) in [7, 11) is 0. The first-order valence-electron chi connectivity index (χ1n) is 7.12. The van der Waals surface area contributed by atoms with Crippen molar-refractivity contribution in [2.24, 2.45) is 0 Å². The molecule has 0 bridgehead atoms. The van der Waals surface area contributed by atoms with Gasteiger partial charge < -0.3 is 5.32 Å². The average molecular weight is 315 g/mol. The van der Waals surface area contributed by atoms with Crippen LogP contribution in [0.4, 0.5) is 15.4 Å². The van der Waals surface area contributed by atoms with Crippen LogP contribution in [-0.4, -0.2) is 9.97 Å². The molecule has 0 saturated carbocycles. The Labute approximate surface area is 134 Å². The number of aryl methyl sites for hydroxylation is 1. The number of rotatable bonds is 3. The molecule has 22 heavy (non-hydrogen) atoms. The third kappa shape index (κ3) is 3.74. The molecule has 0 amide bonds. The molecule has 0 fully saturated rings. The van der Waals surface area contributed by atoms with Gasteiger partial charge in [-0.1, -0.05) is 19.9 Å². The molecule has 0 aliphatic rings. The predicted octanol–water partition coefficient (Wildman–Crippen LogP) is 5.68. The molecule has 1 aromatic carbocycles. The van der Waals surface area contributed by atoms with Crippen LogP contribution >= 0.6 is 12.1 Å². The van der Waals surface area contributed by atoms with E-state index in [0.29, 0.717) is 10.7 Å². The number of nitrogens with one attached hydrogen (secondary N) is 1. The van der Waals surface area contributed by atoms with E-state index in [1.165, 1.54) is 0 Å². The van der Waals surface area contributed by atoms with E-state index in [-0.39, 0.29) is 12.1 Å². The SMILES string of the molecule is CC.Cc1cnc(Nc2ccc3cnccc3c2)cc1SF. The summed E-state index contributed by atoms with van der Waals surface area (Å²) in [5, 5.41) is 5.36. The number of halogens is 1. The molecule has 3 nitrogen and oxygen atoms in total. The highest BCUT2D eigenvalue weighted by Crippen LogP contribution is 2.27. The Morgan fingerprint density at radius 1 is 1.05 bits per heavy atom. The Kier molecular flexibility index (Phi) is 5.72. The highest BCUT2D eigenvalue weighted by Gasteiger charge is 2.04. The summed E-state index contributed by atoms with van der Waals surface area (Å²) in [6, 6.07) is 9.61. The zero-order valence-electron chi connectivity index (χ0n) is 12.8. The van der Waals surface area contributed by atoms with Crippen molar-refractivity contribution in [2.45, 2.75) is 25.7 Å². The zero-order valence-corrected chi connectivity index (χ0v) is 13.6. The first-order chi connectivity index (χ1) is 10.8. The Morgan fingerprint density at radius 3 is 2.64 bits per heavy atom. The molecular formula is C17H18FN3S. The summed E-state index contributed by atoms with van der Waals surface area (Å²) < 4.78 is 12.8. The lowest BCUT2D eigenvalue weighted by atomic mass is 10.1. The van der Waals surface area contributed by atoms with Gasteiger partial charge in [0.25, 0.3) is 0 Å². The van der Waals surface area contributed by atoms with Crippen LogP contribution in [-0.2, 0) is 0 Å². The topological polar surface area (TPSA) is 37.8 Å². The number of hydrogen-bond donors (Lipinski definition) is 1. The lowest BCUT2D eigenvalue weighted by Crippen LogP contribution is -1.94. The number of hydrogen-bond acceptors (Lipinski definition) is 4. The smallest absolute Gasteiger partial charge is 0.131 e. The van der Waals surface area contributed by atoms with Crippen molar-refractivity contribution in [1.82, 2.24) is 9.97 Å². The van der Waals surface area contributed by atoms with Gasteiger partial charge in [-0.05, 0) is 42.1 Å². The Hall–Kier alpha value is -2.14. The summed E-state index contributed by atoms with van der Waals surface area (Å²) in [4.78, 5) is 8.92. The van der Waals surface area contributed by atoms with Gasteiger partial charge in [0.05, 0.1) is 12.1 Å².